The Labute approximate surface area is 158 Å². The molecule has 1 aromatic rings. The predicted octanol–water partition coefficient (Wildman–Crippen LogP) is 1.66. The Morgan fingerprint density at radius 1 is 1.15 bits per heavy atom. The Morgan fingerprint density at radius 3 is 2.26 bits per heavy atom. The van der Waals surface area contributed by atoms with Crippen molar-refractivity contribution in [1.29, 1.82) is 0 Å². The van der Waals surface area contributed by atoms with Gasteiger partial charge in [0.1, 0.15) is 11.2 Å². The monoisotopic (exact) mass is 378 g/mol. The Bertz CT molecular complexity index is 730. The van der Waals surface area contributed by atoms with E-state index < -0.39 is 17.2 Å². The molecule has 2 saturated heterocycles. The fourth-order valence-electron chi connectivity index (χ4n) is 3.18. The molecule has 8 heteroatoms. The number of aliphatic hydroxyl groups is 1. The molecule has 3 rings (SSSR count). The molecule has 2 heterocycles. The summed E-state index contributed by atoms with van der Waals surface area (Å²) in [6, 6.07) is 4.87. The van der Waals surface area contributed by atoms with Crippen LogP contribution in [0.2, 0.25) is 0 Å². The number of anilines is 1. The summed E-state index contributed by atoms with van der Waals surface area (Å²) in [5.74, 6) is -1.03. The smallest absolute Gasteiger partial charge is 0.410 e. The second-order valence-corrected chi connectivity index (χ2v) is 8.02. The third kappa shape index (κ3) is 4.17. The lowest BCUT2D eigenvalue weighted by Crippen LogP contribution is -2.50. The van der Waals surface area contributed by atoms with E-state index in [4.69, 9.17) is 9.47 Å². The number of carboxylic acid groups (broad SMARTS) is 1. The van der Waals surface area contributed by atoms with E-state index in [2.05, 4.69) is 0 Å². The molecule has 0 aromatic heterocycles. The molecule has 1 aromatic carbocycles. The number of piperazine rings is 1. The number of amides is 1. The van der Waals surface area contributed by atoms with Gasteiger partial charge in [0.25, 0.3) is 0 Å². The Kier molecular flexibility index (Phi) is 5.05. The first-order valence-electron chi connectivity index (χ1n) is 9.00. The molecule has 0 spiro atoms. The van der Waals surface area contributed by atoms with E-state index >= 15 is 0 Å². The standard InChI is InChI=1S/C19H26N2O6/c1-18(2,3)27-17(24)21-8-6-20(7-9-21)15-10-13(19(25)11-26-12-19)4-5-14(15)16(22)23/h4-5,10,25H,6-9,11-12H2,1-3H3,(H,22,23). The van der Waals surface area contributed by atoms with Crippen LogP contribution in [-0.2, 0) is 15.1 Å². The van der Waals surface area contributed by atoms with E-state index in [9.17, 15) is 19.8 Å². The van der Waals surface area contributed by atoms with Crippen molar-refractivity contribution in [2.45, 2.75) is 32.0 Å². The number of ether oxygens (including phenoxy) is 2. The van der Waals surface area contributed by atoms with Crippen molar-refractivity contribution in [3.05, 3.63) is 29.3 Å². The topological polar surface area (TPSA) is 99.5 Å². The van der Waals surface area contributed by atoms with Crippen LogP contribution in [0.15, 0.2) is 18.2 Å². The van der Waals surface area contributed by atoms with Gasteiger partial charge in [-0.15, -0.1) is 0 Å². The van der Waals surface area contributed by atoms with Crippen molar-refractivity contribution >= 4 is 17.7 Å². The minimum atomic E-state index is -1.07. The van der Waals surface area contributed by atoms with Gasteiger partial charge in [-0.25, -0.2) is 9.59 Å². The first-order chi connectivity index (χ1) is 12.6. The van der Waals surface area contributed by atoms with Crippen LogP contribution in [0.5, 0.6) is 0 Å². The van der Waals surface area contributed by atoms with Crippen LogP contribution in [0.4, 0.5) is 10.5 Å². The van der Waals surface area contributed by atoms with E-state index in [0.717, 1.165) is 0 Å². The lowest BCUT2D eigenvalue weighted by atomic mass is 9.90. The van der Waals surface area contributed by atoms with E-state index in [0.29, 0.717) is 37.4 Å². The van der Waals surface area contributed by atoms with Gasteiger partial charge < -0.3 is 29.5 Å². The minimum Gasteiger partial charge on any atom is -0.478 e. The van der Waals surface area contributed by atoms with Crippen LogP contribution < -0.4 is 4.90 Å². The highest BCUT2D eigenvalue weighted by molar-refractivity contribution is 5.94. The largest absolute Gasteiger partial charge is 0.478 e. The average molecular weight is 378 g/mol. The molecule has 2 aliphatic heterocycles. The first kappa shape index (κ1) is 19.4. The SMILES string of the molecule is CC(C)(C)OC(=O)N1CCN(c2cc(C3(O)COC3)ccc2C(=O)O)CC1. The van der Waals surface area contributed by atoms with Crippen LogP contribution in [0.3, 0.4) is 0 Å². The molecule has 2 aliphatic rings. The summed E-state index contributed by atoms with van der Waals surface area (Å²) in [4.78, 5) is 27.4. The summed E-state index contributed by atoms with van der Waals surface area (Å²) in [5, 5.41) is 20.0. The zero-order chi connectivity index (χ0) is 19.8. The molecular weight excluding hydrogens is 352 g/mol. The van der Waals surface area contributed by atoms with E-state index in [1.54, 1.807) is 17.0 Å². The summed E-state index contributed by atoms with van der Waals surface area (Å²) in [7, 11) is 0. The van der Waals surface area contributed by atoms with E-state index in [1.165, 1.54) is 6.07 Å². The van der Waals surface area contributed by atoms with Gasteiger partial charge in [0.05, 0.1) is 24.5 Å². The maximum atomic E-state index is 12.2. The highest BCUT2D eigenvalue weighted by atomic mass is 16.6. The van der Waals surface area contributed by atoms with Gasteiger partial charge in [-0.3, -0.25) is 0 Å². The van der Waals surface area contributed by atoms with Gasteiger partial charge in [-0.2, -0.15) is 0 Å². The van der Waals surface area contributed by atoms with Gasteiger partial charge in [0.15, 0.2) is 0 Å². The van der Waals surface area contributed by atoms with Crippen LogP contribution in [-0.4, -0.2) is 72.2 Å². The highest BCUT2D eigenvalue weighted by Crippen LogP contribution is 2.34. The predicted molar refractivity (Wildman–Crippen MR) is 98.1 cm³/mol. The Morgan fingerprint density at radius 2 is 1.78 bits per heavy atom. The summed E-state index contributed by atoms with van der Waals surface area (Å²) in [5.41, 5.74) is -0.260. The maximum Gasteiger partial charge on any atom is 0.410 e. The average Bonchev–Trinajstić information content (AvgIpc) is 2.57. The molecule has 0 bridgehead atoms. The number of nitrogens with zero attached hydrogens (tertiary/aromatic N) is 2. The number of carboxylic acids is 1. The Hall–Kier alpha value is -2.32. The molecule has 27 heavy (non-hydrogen) atoms. The summed E-state index contributed by atoms with van der Waals surface area (Å²) in [6.07, 6.45) is -0.365. The number of aromatic carboxylic acids is 1. The zero-order valence-electron chi connectivity index (χ0n) is 15.9. The molecule has 0 aliphatic carbocycles. The molecular formula is C19H26N2O6. The lowest BCUT2D eigenvalue weighted by Gasteiger charge is -2.39. The van der Waals surface area contributed by atoms with Gasteiger partial charge in [-0.1, -0.05) is 6.07 Å². The van der Waals surface area contributed by atoms with E-state index in [-0.39, 0.29) is 24.9 Å². The third-order valence-electron chi connectivity index (χ3n) is 4.72. The number of rotatable bonds is 3. The van der Waals surface area contributed by atoms with Crippen molar-refractivity contribution in [1.82, 2.24) is 4.90 Å². The molecule has 0 unspecified atom stereocenters. The first-order valence-corrected chi connectivity index (χ1v) is 9.00. The number of carbonyl (C=O) groups is 2. The molecule has 0 saturated carbocycles. The minimum absolute atomic E-state index is 0.174. The van der Waals surface area contributed by atoms with E-state index in [1.807, 2.05) is 25.7 Å². The van der Waals surface area contributed by atoms with Crippen molar-refractivity contribution in [3.63, 3.8) is 0 Å². The number of hydrogen-bond acceptors (Lipinski definition) is 6. The normalized spacial score (nSPS) is 19.4. The molecule has 2 fully saturated rings. The molecule has 2 N–H and O–H groups in total. The van der Waals surface area contributed by atoms with Crippen molar-refractivity contribution in [3.8, 4) is 0 Å². The number of carbonyl (C=O) groups excluding carboxylic acids is 1. The Balaban J connectivity index is 1.75. The van der Waals surface area contributed by atoms with Crippen molar-refractivity contribution in [2.75, 3.05) is 44.3 Å². The van der Waals surface area contributed by atoms with Crippen LogP contribution in [0.25, 0.3) is 0 Å². The van der Waals surface area contributed by atoms with Crippen LogP contribution in [0.1, 0.15) is 36.7 Å². The highest BCUT2D eigenvalue weighted by Gasteiger charge is 2.39. The van der Waals surface area contributed by atoms with Gasteiger partial charge >= 0.3 is 12.1 Å². The van der Waals surface area contributed by atoms with Gasteiger partial charge in [-0.05, 0) is 38.5 Å². The number of benzene rings is 1. The molecule has 0 atom stereocenters. The second kappa shape index (κ2) is 7.01. The zero-order valence-corrected chi connectivity index (χ0v) is 15.9. The van der Waals surface area contributed by atoms with Crippen LogP contribution >= 0.6 is 0 Å². The molecule has 8 nitrogen and oxygen atoms in total. The van der Waals surface area contributed by atoms with Gasteiger partial charge in [0.2, 0.25) is 0 Å². The third-order valence-corrected chi connectivity index (χ3v) is 4.72. The van der Waals surface area contributed by atoms with Crippen molar-refractivity contribution in [2.24, 2.45) is 0 Å². The molecule has 1 amide bonds. The van der Waals surface area contributed by atoms with Crippen LogP contribution in [0, 0.1) is 0 Å². The second-order valence-electron chi connectivity index (χ2n) is 8.02. The maximum absolute atomic E-state index is 12.2. The quantitative estimate of drug-likeness (QED) is 0.825. The fourth-order valence-corrected chi connectivity index (χ4v) is 3.18. The lowest BCUT2D eigenvalue weighted by molar-refractivity contribution is -0.184. The molecule has 0 radical (unpaired) electrons. The van der Waals surface area contributed by atoms with Gasteiger partial charge in [0, 0.05) is 26.2 Å². The fraction of sp³-hybridized carbons (Fsp3) is 0.579. The summed E-state index contributed by atoms with van der Waals surface area (Å²) < 4.78 is 10.5. The number of hydrogen-bond donors (Lipinski definition) is 2. The summed E-state index contributed by atoms with van der Waals surface area (Å²) in [6.45, 7) is 7.70. The van der Waals surface area contributed by atoms with Crippen molar-refractivity contribution < 1.29 is 29.3 Å². The molecule has 148 valence electrons. The summed E-state index contributed by atoms with van der Waals surface area (Å²) >= 11 is 0.